The summed E-state index contributed by atoms with van der Waals surface area (Å²) < 4.78 is 8.25. The second-order valence-corrected chi connectivity index (χ2v) is 7.80. The van der Waals surface area contributed by atoms with Crippen LogP contribution in [0.25, 0.3) is 0 Å². The molecule has 2 aromatic rings. The number of ether oxygens (including phenoxy) is 1. The third-order valence-corrected chi connectivity index (χ3v) is 5.52. The van der Waals surface area contributed by atoms with E-state index in [1.54, 1.807) is 0 Å². The smallest absolute Gasteiger partial charge is 0.193 e. The standard InChI is InChI=1S/C22H33N5O.HI/c1-17(2)19-7-5-6-8-21(19)28-14-11-25-22(23-4)26-12-9-18(3)20(15-26)27-13-10-24-16-27;/h5-8,10,13,16-18,20H,9,11-12,14-15H2,1-4H3,(H,23,25);1H. The zero-order valence-corrected chi connectivity index (χ0v) is 20.2. The molecule has 2 heterocycles. The van der Waals surface area contributed by atoms with Crippen LogP contribution in [0.15, 0.2) is 48.0 Å². The lowest BCUT2D eigenvalue weighted by Gasteiger charge is -2.39. The summed E-state index contributed by atoms with van der Waals surface area (Å²) in [6, 6.07) is 8.70. The Morgan fingerprint density at radius 1 is 1.34 bits per heavy atom. The molecule has 2 atom stereocenters. The molecular weight excluding hydrogens is 477 g/mol. The highest BCUT2D eigenvalue weighted by atomic mass is 127. The Morgan fingerprint density at radius 2 is 2.14 bits per heavy atom. The van der Waals surface area contributed by atoms with Crippen molar-refractivity contribution in [2.24, 2.45) is 10.9 Å². The summed E-state index contributed by atoms with van der Waals surface area (Å²) in [4.78, 5) is 11.0. The van der Waals surface area contributed by atoms with Gasteiger partial charge in [0.2, 0.25) is 0 Å². The van der Waals surface area contributed by atoms with Crippen LogP contribution in [0, 0.1) is 5.92 Å². The summed E-state index contributed by atoms with van der Waals surface area (Å²) in [5, 5.41) is 3.46. The van der Waals surface area contributed by atoms with E-state index in [4.69, 9.17) is 4.74 Å². The van der Waals surface area contributed by atoms with Gasteiger partial charge in [0.25, 0.3) is 0 Å². The zero-order chi connectivity index (χ0) is 19.9. The third-order valence-electron chi connectivity index (χ3n) is 5.52. The SMILES string of the molecule is CN=C(NCCOc1ccccc1C(C)C)N1CCC(C)C(n2ccnc2)C1.I. The van der Waals surface area contributed by atoms with Crippen molar-refractivity contribution in [2.75, 3.05) is 33.3 Å². The van der Waals surface area contributed by atoms with Gasteiger partial charge in [0.1, 0.15) is 12.4 Å². The molecule has 0 bridgehead atoms. The predicted molar refractivity (Wildman–Crippen MR) is 129 cm³/mol. The van der Waals surface area contributed by atoms with Crippen molar-refractivity contribution in [3.8, 4) is 5.75 Å². The van der Waals surface area contributed by atoms with Crippen LogP contribution in [-0.2, 0) is 0 Å². The topological polar surface area (TPSA) is 54.7 Å². The Balaban J connectivity index is 0.00000300. The molecule has 2 unspecified atom stereocenters. The fourth-order valence-electron chi connectivity index (χ4n) is 3.84. The van der Waals surface area contributed by atoms with E-state index in [2.05, 4.69) is 63.9 Å². The molecule has 0 radical (unpaired) electrons. The van der Waals surface area contributed by atoms with Crippen LogP contribution in [0.3, 0.4) is 0 Å². The number of para-hydroxylation sites is 1. The first kappa shape index (κ1) is 23.5. The molecule has 7 heteroatoms. The first-order valence-corrected chi connectivity index (χ1v) is 10.2. The average Bonchev–Trinajstić information content (AvgIpc) is 3.23. The lowest BCUT2D eigenvalue weighted by molar-refractivity contribution is 0.188. The van der Waals surface area contributed by atoms with E-state index in [0.717, 1.165) is 37.8 Å². The summed E-state index contributed by atoms with van der Waals surface area (Å²) in [6.45, 7) is 9.99. The van der Waals surface area contributed by atoms with Crippen molar-refractivity contribution in [2.45, 2.75) is 39.2 Å². The van der Waals surface area contributed by atoms with Gasteiger partial charge in [-0.3, -0.25) is 4.99 Å². The average molecular weight is 511 g/mol. The Morgan fingerprint density at radius 3 is 2.83 bits per heavy atom. The number of nitrogens with zero attached hydrogens (tertiary/aromatic N) is 4. The summed E-state index contributed by atoms with van der Waals surface area (Å²) in [5.41, 5.74) is 1.25. The highest BCUT2D eigenvalue weighted by Gasteiger charge is 2.28. The third kappa shape index (κ3) is 6.10. The number of benzene rings is 1. The Labute approximate surface area is 191 Å². The van der Waals surface area contributed by atoms with Crippen LogP contribution >= 0.6 is 24.0 Å². The fourth-order valence-corrected chi connectivity index (χ4v) is 3.84. The minimum Gasteiger partial charge on any atom is -0.491 e. The molecule has 29 heavy (non-hydrogen) atoms. The first-order chi connectivity index (χ1) is 13.6. The van der Waals surface area contributed by atoms with Crippen molar-refractivity contribution in [1.82, 2.24) is 19.8 Å². The molecule has 0 aliphatic carbocycles. The zero-order valence-electron chi connectivity index (χ0n) is 17.9. The molecular formula is C22H34IN5O. The molecule has 1 N–H and O–H groups in total. The number of aromatic nitrogens is 2. The van der Waals surface area contributed by atoms with Crippen molar-refractivity contribution >= 4 is 29.9 Å². The summed E-state index contributed by atoms with van der Waals surface area (Å²) >= 11 is 0. The van der Waals surface area contributed by atoms with Crippen molar-refractivity contribution < 1.29 is 4.74 Å². The van der Waals surface area contributed by atoms with E-state index in [1.807, 2.05) is 31.7 Å². The maximum Gasteiger partial charge on any atom is 0.193 e. The van der Waals surface area contributed by atoms with Crippen LogP contribution in [-0.4, -0.2) is 53.7 Å². The molecule has 0 amide bonds. The van der Waals surface area contributed by atoms with Gasteiger partial charge >= 0.3 is 0 Å². The Bertz CT molecular complexity index is 762. The molecule has 3 rings (SSSR count). The summed E-state index contributed by atoms with van der Waals surface area (Å²) in [5.74, 6) is 2.99. The summed E-state index contributed by atoms with van der Waals surface area (Å²) in [7, 11) is 1.85. The minimum absolute atomic E-state index is 0. The van der Waals surface area contributed by atoms with Crippen LogP contribution < -0.4 is 10.1 Å². The van der Waals surface area contributed by atoms with E-state index >= 15 is 0 Å². The number of likely N-dealkylation sites (tertiary alicyclic amines) is 1. The van der Waals surface area contributed by atoms with E-state index in [9.17, 15) is 0 Å². The second-order valence-electron chi connectivity index (χ2n) is 7.80. The van der Waals surface area contributed by atoms with E-state index in [1.165, 1.54) is 5.56 Å². The highest BCUT2D eigenvalue weighted by Crippen LogP contribution is 2.27. The molecule has 1 fully saturated rings. The Hall–Kier alpha value is -1.77. The maximum atomic E-state index is 6.03. The van der Waals surface area contributed by atoms with Crippen molar-refractivity contribution in [3.63, 3.8) is 0 Å². The van der Waals surface area contributed by atoms with Gasteiger partial charge in [0, 0.05) is 32.5 Å². The number of halogens is 1. The van der Waals surface area contributed by atoms with Crippen LogP contribution in [0.2, 0.25) is 0 Å². The molecule has 1 aromatic heterocycles. The number of rotatable bonds is 6. The number of nitrogens with one attached hydrogen (secondary N) is 1. The van der Waals surface area contributed by atoms with Crippen LogP contribution in [0.5, 0.6) is 5.75 Å². The van der Waals surface area contributed by atoms with Gasteiger partial charge in [-0.15, -0.1) is 24.0 Å². The molecule has 1 aliphatic heterocycles. The van der Waals surface area contributed by atoms with Crippen LogP contribution in [0.4, 0.5) is 0 Å². The van der Waals surface area contributed by atoms with Crippen molar-refractivity contribution in [1.29, 1.82) is 0 Å². The van der Waals surface area contributed by atoms with E-state index in [-0.39, 0.29) is 24.0 Å². The predicted octanol–water partition coefficient (Wildman–Crippen LogP) is 4.16. The van der Waals surface area contributed by atoms with Gasteiger partial charge in [-0.05, 0) is 29.9 Å². The van der Waals surface area contributed by atoms with Gasteiger partial charge < -0.3 is 19.5 Å². The fraction of sp³-hybridized carbons (Fsp3) is 0.545. The van der Waals surface area contributed by atoms with Gasteiger partial charge in [0.05, 0.1) is 18.9 Å². The van der Waals surface area contributed by atoms with Gasteiger partial charge in [-0.2, -0.15) is 0 Å². The largest absolute Gasteiger partial charge is 0.491 e. The van der Waals surface area contributed by atoms with Gasteiger partial charge in [-0.1, -0.05) is 39.0 Å². The maximum absolute atomic E-state index is 6.03. The van der Waals surface area contributed by atoms with Gasteiger partial charge in [0.15, 0.2) is 5.96 Å². The molecule has 1 aliphatic rings. The first-order valence-electron chi connectivity index (χ1n) is 10.2. The molecule has 0 saturated carbocycles. The summed E-state index contributed by atoms with van der Waals surface area (Å²) in [6.07, 6.45) is 6.97. The number of hydrogen-bond acceptors (Lipinski definition) is 3. The Kier molecular flexibility index (Phi) is 9.26. The van der Waals surface area contributed by atoms with Crippen molar-refractivity contribution in [3.05, 3.63) is 48.5 Å². The lowest BCUT2D eigenvalue weighted by Crippen LogP contribution is -2.49. The number of guanidine groups is 1. The lowest BCUT2D eigenvalue weighted by atomic mass is 9.93. The number of piperidine rings is 1. The number of hydrogen-bond donors (Lipinski definition) is 1. The monoisotopic (exact) mass is 511 g/mol. The molecule has 6 nitrogen and oxygen atoms in total. The molecule has 160 valence electrons. The number of imidazole rings is 1. The van der Waals surface area contributed by atoms with Crippen LogP contribution in [0.1, 0.15) is 44.7 Å². The second kappa shape index (κ2) is 11.4. The van der Waals surface area contributed by atoms with E-state index < -0.39 is 0 Å². The van der Waals surface area contributed by atoms with Gasteiger partial charge in [-0.25, -0.2) is 4.98 Å². The molecule has 0 spiro atoms. The highest BCUT2D eigenvalue weighted by molar-refractivity contribution is 14.0. The minimum atomic E-state index is 0. The quantitative estimate of drug-likeness (QED) is 0.274. The van der Waals surface area contributed by atoms with E-state index in [0.29, 0.717) is 24.5 Å². The molecule has 1 aromatic carbocycles. The number of aliphatic imine (C=N–C) groups is 1. The normalized spacial score (nSPS) is 19.8. The molecule has 1 saturated heterocycles.